The Balaban J connectivity index is 3.24. The predicted molar refractivity (Wildman–Crippen MR) is 55.3 cm³/mol. The summed E-state index contributed by atoms with van der Waals surface area (Å²) in [6.45, 7) is 0. The lowest BCUT2D eigenvalue weighted by molar-refractivity contribution is -0.145. The van der Waals surface area contributed by atoms with E-state index in [9.17, 15) is 26.7 Å². The lowest BCUT2D eigenvalue weighted by Gasteiger charge is -2.17. The highest BCUT2D eigenvalue weighted by molar-refractivity contribution is 9.10. The van der Waals surface area contributed by atoms with Crippen molar-refractivity contribution in [1.82, 2.24) is 0 Å². The van der Waals surface area contributed by atoms with Crippen molar-refractivity contribution in [1.29, 1.82) is 0 Å². The molecule has 0 saturated carbocycles. The molecule has 0 aliphatic heterocycles. The van der Waals surface area contributed by atoms with Crippen LogP contribution in [0.15, 0.2) is 22.7 Å². The molecule has 1 N–H and O–H groups in total. The zero-order valence-electron chi connectivity index (χ0n) is 8.56. The van der Waals surface area contributed by atoms with Crippen molar-refractivity contribution in [3.05, 3.63) is 33.8 Å². The fourth-order valence-corrected chi connectivity index (χ4v) is 1.73. The van der Waals surface area contributed by atoms with Crippen molar-refractivity contribution in [2.75, 3.05) is 0 Å². The summed E-state index contributed by atoms with van der Waals surface area (Å²) in [6.07, 6.45) is -6.36. The molecule has 0 bridgehead atoms. The van der Waals surface area contributed by atoms with Crippen LogP contribution >= 0.6 is 15.9 Å². The van der Waals surface area contributed by atoms with Gasteiger partial charge in [-0.3, -0.25) is 4.79 Å². The molecule has 8 heteroatoms. The van der Waals surface area contributed by atoms with Crippen molar-refractivity contribution in [3.8, 4) is 0 Å². The number of rotatable bonds is 3. The van der Waals surface area contributed by atoms with Gasteiger partial charge in [-0.05, 0) is 12.1 Å². The summed E-state index contributed by atoms with van der Waals surface area (Å²) in [5.74, 6) is -5.65. The van der Waals surface area contributed by atoms with Crippen LogP contribution in [0.5, 0.6) is 0 Å². The Morgan fingerprint density at radius 1 is 1.22 bits per heavy atom. The molecule has 100 valence electrons. The Labute approximate surface area is 107 Å². The van der Waals surface area contributed by atoms with E-state index >= 15 is 0 Å². The van der Waals surface area contributed by atoms with Crippen LogP contribution in [0, 0.1) is 0 Å². The van der Waals surface area contributed by atoms with E-state index in [1.165, 1.54) is 0 Å². The van der Waals surface area contributed by atoms with E-state index in [1.54, 1.807) is 0 Å². The van der Waals surface area contributed by atoms with E-state index in [4.69, 9.17) is 5.11 Å². The van der Waals surface area contributed by atoms with Gasteiger partial charge >= 0.3 is 12.1 Å². The molecular formula is C10H6BrF5O2. The van der Waals surface area contributed by atoms with E-state index in [0.717, 1.165) is 12.1 Å². The van der Waals surface area contributed by atoms with E-state index in [1.807, 2.05) is 0 Å². The molecule has 0 spiro atoms. The average molecular weight is 333 g/mol. The Kier molecular flexibility index (Phi) is 3.99. The number of alkyl halides is 5. The molecule has 0 heterocycles. The van der Waals surface area contributed by atoms with Gasteiger partial charge in [0.05, 0.1) is 5.56 Å². The molecule has 1 aromatic carbocycles. The van der Waals surface area contributed by atoms with E-state index in [2.05, 4.69) is 15.9 Å². The van der Waals surface area contributed by atoms with Crippen molar-refractivity contribution >= 4 is 21.9 Å². The summed E-state index contributed by atoms with van der Waals surface area (Å²) in [7, 11) is 0. The second-order valence-electron chi connectivity index (χ2n) is 3.47. The Morgan fingerprint density at radius 2 is 1.78 bits per heavy atom. The Bertz CT molecular complexity index is 470. The predicted octanol–water partition coefficient (Wildman–Crippen LogP) is 4.03. The molecule has 0 saturated heterocycles. The van der Waals surface area contributed by atoms with Gasteiger partial charge < -0.3 is 5.11 Å². The maximum Gasteiger partial charge on any atom is 0.417 e. The van der Waals surface area contributed by atoms with Gasteiger partial charge in [0, 0.05) is 10.0 Å². The SMILES string of the molecule is O=C(O)CC(F)(F)c1ccc(Br)c(C(F)(F)F)c1. The highest BCUT2D eigenvalue weighted by atomic mass is 79.9. The van der Waals surface area contributed by atoms with Crippen LogP contribution < -0.4 is 0 Å². The maximum atomic E-state index is 13.3. The van der Waals surface area contributed by atoms with Crippen LogP contribution in [0.25, 0.3) is 0 Å². The van der Waals surface area contributed by atoms with Crippen molar-refractivity contribution in [2.45, 2.75) is 18.5 Å². The molecule has 0 aliphatic carbocycles. The fraction of sp³-hybridized carbons (Fsp3) is 0.300. The second kappa shape index (κ2) is 4.83. The number of carboxylic acid groups (broad SMARTS) is 1. The van der Waals surface area contributed by atoms with Gasteiger partial charge in [0.1, 0.15) is 6.42 Å². The molecule has 1 aromatic rings. The summed E-state index contributed by atoms with van der Waals surface area (Å²) in [5.41, 5.74) is -2.26. The molecule has 1 rings (SSSR count). The zero-order chi connectivity index (χ0) is 14.1. The number of carbonyl (C=O) groups is 1. The number of hydrogen-bond acceptors (Lipinski definition) is 1. The molecule has 0 fully saturated rings. The van der Waals surface area contributed by atoms with Gasteiger partial charge in [0.25, 0.3) is 5.92 Å². The molecule has 18 heavy (non-hydrogen) atoms. The lowest BCUT2D eigenvalue weighted by Crippen LogP contribution is -2.19. The van der Waals surface area contributed by atoms with Gasteiger partial charge in [-0.2, -0.15) is 13.2 Å². The molecule has 2 nitrogen and oxygen atoms in total. The number of halogens is 6. The zero-order valence-corrected chi connectivity index (χ0v) is 10.1. The van der Waals surface area contributed by atoms with Gasteiger partial charge in [-0.1, -0.05) is 22.0 Å². The number of benzene rings is 1. The monoisotopic (exact) mass is 332 g/mol. The third-order valence-electron chi connectivity index (χ3n) is 2.07. The van der Waals surface area contributed by atoms with Gasteiger partial charge in [0.2, 0.25) is 0 Å². The maximum absolute atomic E-state index is 13.3. The summed E-state index contributed by atoms with van der Waals surface area (Å²) in [6, 6.07) is 1.81. The molecule has 0 unspecified atom stereocenters. The third kappa shape index (κ3) is 3.41. The van der Waals surface area contributed by atoms with Crippen molar-refractivity contribution < 1.29 is 31.9 Å². The van der Waals surface area contributed by atoms with Gasteiger partial charge in [0.15, 0.2) is 0 Å². The first kappa shape index (κ1) is 14.9. The molecule has 0 radical (unpaired) electrons. The summed E-state index contributed by atoms with van der Waals surface area (Å²) in [4.78, 5) is 10.2. The van der Waals surface area contributed by atoms with Crippen LogP contribution in [0.4, 0.5) is 22.0 Å². The molecular weight excluding hydrogens is 327 g/mol. The first-order valence-corrected chi connectivity index (χ1v) is 5.30. The summed E-state index contributed by atoms with van der Waals surface area (Å²) >= 11 is 2.60. The van der Waals surface area contributed by atoms with Crippen molar-refractivity contribution in [2.24, 2.45) is 0 Å². The molecule has 0 atom stereocenters. The Hall–Kier alpha value is -1.18. The van der Waals surface area contributed by atoms with Crippen LogP contribution in [0.3, 0.4) is 0 Å². The van der Waals surface area contributed by atoms with Crippen molar-refractivity contribution in [3.63, 3.8) is 0 Å². The molecule has 0 aromatic heterocycles. The van der Waals surface area contributed by atoms with E-state index in [0.29, 0.717) is 0 Å². The summed E-state index contributed by atoms with van der Waals surface area (Å²) < 4.78 is 63.8. The van der Waals surface area contributed by atoms with Crippen LogP contribution in [0.2, 0.25) is 0 Å². The fourth-order valence-electron chi connectivity index (χ4n) is 1.26. The second-order valence-corrected chi connectivity index (χ2v) is 4.32. The topological polar surface area (TPSA) is 37.3 Å². The van der Waals surface area contributed by atoms with Crippen LogP contribution in [0.1, 0.15) is 17.5 Å². The standard InChI is InChI=1S/C10H6BrF5O2/c11-7-2-1-5(3-6(7)10(14,15)16)9(12,13)4-8(17)18/h1-3H,4H2,(H,17,18). The van der Waals surface area contributed by atoms with Crippen LogP contribution in [-0.2, 0) is 16.9 Å². The highest BCUT2D eigenvalue weighted by Gasteiger charge is 2.39. The minimum atomic E-state index is -4.80. The minimum Gasteiger partial charge on any atom is -0.481 e. The average Bonchev–Trinajstić information content (AvgIpc) is 2.13. The first-order valence-electron chi connectivity index (χ1n) is 4.51. The van der Waals surface area contributed by atoms with E-state index < -0.39 is 35.6 Å². The minimum absolute atomic E-state index is 0.243. The Morgan fingerprint density at radius 3 is 2.22 bits per heavy atom. The first-order chi connectivity index (χ1) is 8.04. The number of hydrogen-bond donors (Lipinski definition) is 1. The number of aliphatic carboxylic acids is 1. The number of carboxylic acids is 1. The smallest absolute Gasteiger partial charge is 0.417 e. The van der Waals surface area contributed by atoms with E-state index in [-0.39, 0.29) is 10.5 Å². The van der Waals surface area contributed by atoms with Gasteiger partial charge in [-0.25, -0.2) is 8.78 Å². The van der Waals surface area contributed by atoms with Gasteiger partial charge in [-0.15, -0.1) is 0 Å². The normalized spacial score (nSPS) is 12.6. The largest absolute Gasteiger partial charge is 0.481 e. The summed E-state index contributed by atoms with van der Waals surface area (Å²) in [5, 5.41) is 8.28. The quantitative estimate of drug-likeness (QED) is 0.848. The highest BCUT2D eigenvalue weighted by Crippen LogP contribution is 2.39. The molecule has 0 amide bonds. The lowest BCUT2D eigenvalue weighted by atomic mass is 10.0. The third-order valence-corrected chi connectivity index (χ3v) is 2.76. The molecule has 0 aliphatic rings. The van der Waals surface area contributed by atoms with Crippen LogP contribution in [-0.4, -0.2) is 11.1 Å².